The van der Waals surface area contributed by atoms with Crippen LogP contribution in [0.15, 0.2) is 0 Å². The third-order valence-corrected chi connectivity index (χ3v) is 1.27. The van der Waals surface area contributed by atoms with Gasteiger partial charge in [-0.05, 0) is 13.8 Å². The summed E-state index contributed by atoms with van der Waals surface area (Å²) in [6.45, 7) is 3.40. The van der Waals surface area contributed by atoms with E-state index in [1.165, 1.54) is 0 Å². The Kier molecular flexibility index (Phi) is 1.66. The van der Waals surface area contributed by atoms with Gasteiger partial charge in [-0.1, -0.05) is 0 Å². The standard InChI is InChI=1S/C6H10O4/c1-6(2)9-3-4(10-6)5(7)8/h4H,3H2,1-2H3,(H,7,8)/p-1/t4-/m0/s1. The molecule has 1 rings (SSSR count). The first-order valence-electron chi connectivity index (χ1n) is 3.04. The normalized spacial score (nSPS) is 30.4. The van der Waals surface area contributed by atoms with Crippen molar-refractivity contribution in [2.24, 2.45) is 0 Å². The first-order chi connectivity index (χ1) is 4.51. The van der Waals surface area contributed by atoms with E-state index in [1.54, 1.807) is 13.8 Å². The van der Waals surface area contributed by atoms with Gasteiger partial charge in [-0.25, -0.2) is 0 Å². The fourth-order valence-electron chi connectivity index (χ4n) is 0.803. The second kappa shape index (κ2) is 2.21. The Morgan fingerprint density at radius 1 is 1.70 bits per heavy atom. The SMILES string of the molecule is CC1(C)OC[C@@H](C(=O)[O-])O1. The number of hydrogen-bond acceptors (Lipinski definition) is 4. The topological polar surface area (TPSA) is 58.6 Å². The van der Waals surface area contributed by atoms with E-state index in [0.717, 1.165) is 0 Å². The average molecular weight is 145 g/mol. The van der Waals surface area contributed by atoms with Crippen LogP contribution in [0.4, 0.5) is 0 Å². The highest BCUT2D eigenvalue weighted by Gasteiger charge is 2.33. The quantitative estimate of drug-likeness (QED) is 0.469. The highest BCUT2D eigenvalue weighted by Crippen LogP contribution is 2.21. The van der Waals surface area contributed by atoms with Crippen LogP contribution in [0.3, 0.4) is 0 Å². The van der Waals surface area contributed by atoms with E-state index >= 15 is 0 Å². The van der Waals surface area contributed by atoms with Gasteiger partial charge in [-0.3, -0.25) is 0 Å². The Bertz CT molecular complexity index is 152. The molecule has 0 aromatic heterocycles. The Morgan fingerprint density at radius 3 is 2.50 bits per heavy atom. The Balaban J connectivity index is 2.51. The van der Waals surface area contributed by atoms with Crippen LogP contribution in [0.25, 0.3) is 0 Å². The molecule has 4 nitrogen and oxygen atoms in total. The second-order valence-corrected chi connectivity index (χ2v) is 2.64. The molecule has 0 saturated carbocycles. The molecule has 58 valence electrons. The van der Waals surface area contributed by atoms with Crippen molar-refractivity contribution >= 4 is 5.97 Å². The second-order valence-electron chi connectivity index (χ2n) is 2.64. The van der Waals surface area contributed by atoms with Gasteiger partial charge in [0.05, 0.1) is 12.6 Å². The van der Waals surface area contributed by atoms with Gasteiger partial charge in [0.25, 0.3) is 0 Å². The van der Waals surface area contributed by atoms with Crippen molar-refractivity contribution in [1.82, 2.24) is 0 Å². The number of hydrogen-bond donors (Lipinski definition) is 0. The van der Waals surface area contributed by atoms with E-state index in [9.17, 15) is 9.90 Å². The van der Waals surface area contributed by atoms with Gasteiger partial charge < -0.3 is 19.4 Å². The molecule has 0 N–H and O–H groups in total. The molecule has 0 aromatic carbocycles. The molecule has 0 aromatic rings. The minimum atomic E-state index is -1.22. The number of carbonyl (C=O) groups is 1. The average Bonchev–Trinajstić information content (AvgIpc) is 2.10. The van der Waals surface area contributed by atoms with Gasteiger partial charge in [0.1, 0.15) is 6.10 Å². The predicted molar refractivity (Wildman–Crippen MR) is 29.9 cm³/mol. The molecule has 1 heterocycles. The lowest BCUT2D eigenvalue weighted by molar-refractivity contribution is -0.317. The van der Waals surface area contributed by atoms with Crippen molar-refractivity contribution in [3.05, 3.63) is 0 Å². The van der Waals surface area contributed by atoms with Gasteiger partial charge in [-0.15, -0.1) is 0 Å². The highest BCUT2D eigenvalue weighted by molar-refractivity contribution is 5.70. The van der Waals surface area contributed by atoms with Crippen LogP contribution in [0.1, 0.15) is 13.8 Å². The molecule has 0 spiro atoms. The molecule has 10 heavy (non-hydrogen) atoms. The van der Waals surface area contributed by atoms with Crippen LogP contribution in [-0.4, -0.2) is 24.5 Å². The number of carboxylic acids is 1. The summed E-state index contributed by atoms with van der Waals surface area (Å²) in [5.41, 5.74) is 0. The van der Waals surface area contributed by atoms with Crippen molar-refractivity contribution < 1.29 is 19.4 Å². The van der Waals surface area contributed by atoms with Crippen LogP contribution in [0, 0.1) is 0 Å². The van der Waals surface area contributed by atoms with E-state index < -0.39 is 17.9 Å². The van der Waals surface area contributed by atoms with Crippen molar-refractivity contribution in [3.63, 3.8) is 0 Å². The number of rotatable bonds is 1. The highest BCUT2D eigenvalue weighted by atomic mass is 16.7. The number of carbonyl (C=O) groups excluding carboxylic acids is 1. The molecule has 0 radical (unpaired) electrons. The molecule has 1 fully saturated rings. The summed E-state index contributed by atoms with van der Waals surface area (Å²) in [6.07, 6.45) is -0.907. The number of ether oxygens (including phenoxy) is 2. The third kappa shape index (κ3) is 1.46. The maximum Gasteiger partial charge on any atom is 0.163 e. The van der Waals surface area contributed by atoms with Crippen LogP contribution in [0.2, 0.25) is 0 Å². The summed E-state index contributed by atoms with van der Waals surface area (Å²) in [4.78, 5) is 10.2. The van der Waals surface area contributed by atoms with Crippen molar-refractivity contribution in [2.75, 3.05) is 6.61 Å². The molecular formula is C6H9O4-. The van der Waals surface area contributed by atoms with Gasteiger partial charge in [0, 0.05) is 0 Å². The zero-order valence-corrected chi connectivity index (χ0v) is 5.92. The molecule has 1 atom stereocenters. The summed E-state index contributed by atoms with van der Waals surface area (Å²) in [5.74, 6) is -1.99. The number of aliphatic carboxylic acids is 1. The molecule has 4 heteroatoms. The summed E-state index contributed by atoms with van der Waals surface area (Å²) >= 11 is 0. The number of carboxylic acid groups (broad SMARTS) is 1. The minimum absolute atomic E-state index is 0.0787. The molecule has 1 aliphatic heterocycles. The lowest BCUT2D eigenvalue weighted by Crippen LogP contribution is -2.38. The van der Waals surface area contributed by atoms with E-state index in [2.05, 4.69) is 0 Å². The minimum Gasteiger partial charge on any atom is -0.547 e. The Labute approximate surface area is 58.7 Å². The van der Waals surface area contributed by atoms with Crippen LogP contribution in [-0.2, 0) is 14.3 Å². The summed E-state index contributed by atoms with van der Waals surface area (Å²) in [7, 11) is 0. The van der Waals surface area contributed by atoms with Crippen molar-refractivity contribution in [3.8, 4) is 0 Å². The molecule has 1 saturated heterocycles. The predicted octanol–water partition coefficient (Wildman–Crippen LogP) is -1.11. The van der Waals surface area contributed by atoms with Crippen LogP contribution < -0.4 is 5.11 Å². The zero-order valence-electron chi connectivity index (χ0n) is 5.92. The molecule has 0 amide bonds. The lowest BCUT2D eigenvalue weighted by atomic mass is 10.4. The Hall–Kier alpha value is -0.610. The molecular weight excluding hydrogens is 136 g/mol. The van der Waals surface area contributed by atoms with E-state index in [-0.39, 0.29) is 6.61 Å². The van der Waals surface area contributed by atoms with E-state index in [1.807, 2.05) is 0 Å². The van der Waals surface area contributed by atoms with E-state index in [4.69, 9.17) is 9.47 Å². The maximum absolute atomic E-state index is 10.2. The fraction of sp³-hybridized carbons (Fsp3) is 0.833. The largest absolute Gasteiger partial charge is 0.547 e. The summed E-state index contributed by atoms with van der Waals surface area (Å²) in [5, 5.41) is 10.2. The van der Waals surface area contributed by atoms with Crippen molar-refractivity contribution in [2.45, 2.75) is 25.7 Å². The maximum atomic E-state index is 10.2. The van der Waals surface area contributed by atoms with Crippen LogP contribution in [0.5, 0.6) is 0 Å². The fourth-order valence-corrected chi connectivity index (χ4v) is 0.803. The molecule has 0 bridgehead atoms. The molecule has 0 aliphatic carbocycles. The molecule has 0 unspecified atom stereocenters. The lowest BCUT2D eigenvalue weighted by Gasteiger charge is -2.17. The smallest absolute Gasteiger partial charge is 0.163 e. The summed E-state index contributed by atoms with van der Waals surface area (Å²) in [6, 6.07) is 0. The van der Waals surface area contributed by atoms with E-state index in [0.29, 0.717) is 0 Å². The first-order valence-corrected chi connectivity index (χ1v) is 3.04. The first kappa shape index (κ1) is 7.50. The van der Waals surface area contributed by atoms with Gasteiger partial charge in [0.15, 0.2) is 5.79 Å². The van der Waals surface area contributed by atoms with Gasteiger partial charge in [-0.2, -0.15) is 0 Å². The Morgan fingerprint density at radius 2 is 2.30 bits per heavy atom. The van der Waals surface area contributed by atoms with Gasteiger partial charge in [0.2, 0.25) is 0 Å². The third-order valence-electron chi connectivity index (χ3n) is 1.27. The molecule has 1 aliphatic rings. The monoisotopic (exact) mass is 145 g/mol. The summed E-state index contributed by atoms with van der Waals surface area (Å²) < 4.78 is 9.90. The zero-order chi connectivity index (χ0) is 7.78. The van der Waals surface area contributed by atoms with Crippen molar-refractivity contribution in [1.29, 1.82) is 0 Å². The van der Waals surface area contributed by atoms with Crippen LogP contribution >= 0.6 is 0 Å². The van der Waals surface area contributed by atoms with Gasteiger partial charge >= 0.3 is 0 Å².